The fraction of sp³-hybridized carbons (Fsp3) is 0.316. The third-order valence-electron chi connectivity index (χ3n) is 4.44. The Morgan fingerprint density at radius 2 is 2.00 bits per heavy atom. The Labute approximate surface area is 145 Å². The van der Waals surface area contributed by atoms with Gasteiger partial charge in [0.1, 0.15) is 24.0 Å². The van der Waals surface area contributed by atoms with Crippen molar-refractivity contribution in [2.45, 2.75) is 33.2 Å². The van der Waals surface area contributed by atoms with Crippen molar-refractivity contribution in [2.75, 3.05) is 6.54 Å². The first-order valence-corrected chi connectivity index (χ1v) is 8.24. The highest BCUT2D eigenvalue weighted by atomic mass is 16.3. The van der Waals surface area contributed by atoms with Crippen LogP contribution in [-0.2, 0) is 11.3 Å². The number of hydrogen-bond donors (Lipinski definition) is 1. The van der Waals surface area contributed by atoms with Gasteiger partial charge in [-0.3, -0.25) is 14.2 Å². The molecular weight excluding hydrogens is 318 g/mol. The highest BCUT2D eigenvalue weighted by molar-refractivity contribution is 5.79. The molecule has 0 bridgehead atoms. The van der Waals surface area contributed by atoms with Gasteiger partial charge in [-0.05, 0) is 25.3 Å². The van der Waals surface area contributed by atoms with Gasteiger partial charge in [0.05, 0.1) is 0 Å². The Balaban J connectivity index is 1.69. The monoisotopic (exact) mass is 339 g/mol. The number of carbonyl (C=O) groups excluding carboxylic acids is 1. The second-order valence-electron chi connectivity index (χ2n) is 6.26. The van der Waals surface area contributed by atoms with Gasteiger partial charge in [0.2, 0.25) is 11.6 Å². The zero-order valence-corrected chi connectivity index (χ0v) is 14.6. The maximum absolute atomic E-state index is 12.5. The predicted molar refractivity (Wildman–Crippen MR) is 95.6 cm³/mol. The van der Waals surface area contributed by atoms with Gasteiger partial charge in [-0.1, -0.05) is 37.3 Å². The molecule has 0 spiro atoms. The number of amides is 1. The summed E-state index contributed by atoms with van der Waals surface area (Å²) in [6, 6.07) is 9.98. The number of benzene rings is 1. The molecule has 6 nitrogen and oxygen atoms in total. The standard InChI is InChI=1S/C19H21N3O3/c1-12(15-7-5-4-6-8-15)9-20-16(23)10-22-11-21-18-17(19(22)24)13(2)14(3)25-18/h4-8,11-12H,9-10H2,1-3H3,(H,20,23)/t12-/m1/s1. The Hall–Kier alpha value is -2.89. The fourth-order valence-corrected chi connectivity index (χ4v) is 2.76. The molecule has 25 heavy (non-hydrogen) atoms. The fourth-order valence-electron chi connectivity index (χ4n) is 2.76. The summed E-state index contributed by atoms with van der Waals surface area (Å²) in [4.78, 5) is 28.9. The molecule has 1 aromatic carbocycles. The van der Waals surface area contributed by atoms with E-state index in [0.29, 0.717) is 23.4 Å². The van der Waals surface area contributed by atoms with Gasteiger partial charge in [-0.25, -0.2) is 4.98 Å². The molecule has 0 aliphatic rings. The second kappa shape index (κ2) is 6.93. The van der Waals surface area contributed by atoms with E-state index in [-0.39, 0.29) is 23.9 Å². The molecule has 2 aromatic heterocycles. The van der Waals surface area contributed by atoms with Gasteiger partial charge >= 0.3 is 0 Å². The highest BCUT2D eigenvalue weighted by Crippen LogP contribution is 2.19. The first kappa shape index (κ1) is 17.0. The Morgan fingerprint density at radius 1 is 1.28 bits per heavy atom. The molecule has 1 amide bonds. The van der Waals surface area contributed by atoms with E-state index < -0.39 is 0 Å². The topological polar surface area (TPSA) is 77.1 Å². The van der Waals surface area contributed by atoms with Crippen LogP contribution >= 0.6 is 0 Å². The first-order chi connectivity index (χ1) is 12.0. The van der Waals surface area contributed by atoms with Crippen LogP contribution in [0.1, 0.15) is 29.7 Å². The number of fused-ring (bicyclic) bond motifs is 1. The minimum atomic E-state index is -0.259. The van der Waals surface area contributed by atoms with Crippen molar-refractivity contribution in [3.63, 3.8) is 0 Å². The SMILES string of the molecule is Cc1oc2ncn(CC(=O)NC[C@@H](C)c3ccccc3)c(=O)c2c1C. The molecule has 0 radical (unpaired) electrons. The molecule has 3 aromatic rings. The lowest BCUT2D eigenvalue weighted by atomic mass is 10.0. The predicted octanol–water partition coefficient (Wildman–Crippen LogP) is 2.53. The van der Waals surface area contributed by atoms with E-state index in [1.807, 2.05) is 44.2 Å². The van der Waals surface area contributed by atoms with Gasteiger partial charge in [0.25, 0.3) is 5.56 Å². The van der Waals surface area contributed by atoms with Crippen LogP contribution in [0.15, 0.2) is 45.9 Å². The van der Waals surface area contributed by atoms with E-state index in [9.17, 15) is 9.59 Å². The van der Waals surface area contributed by atoms with Crippen LogP contribution in [-0.4, -0.2) is 22.0 Å². The molecule has 3 rings (SSSR count). The number of aromatic nitrogens is 2. The summed E-state index contributed by atoms with van der Waals surface area (Å²) in [6.45, 7) is 6.10. The van der Waals surface area contributed by atoms with Crippen molar-refractivity contribution >= 4 is 17.0 Å². The molecule has 0 aliphatic heterocycles. The molecule has 0 saturated heterocycles. The maximum atomic E-state index is 12.5. The van der Waals surface area contributed by atoms with Crippen LogP contribution in [0, 0.1) is 13.8 Å². The molecule has 2 heterocycles. The van der Waals surface area contributed by atoms with Crippen LogP contribution in [0.2, 0.25) is 0 Å². The molecular formula is C19H21N3O3. The Morgan fingerprint density at radius 3 is 2.72 bits per heavy atom. The van der Waals surface area contributed by atoms with E-state index in [4.69, 9.17) is 4.42 Å². The van der Waals surface area contributed by atoms with Crippen molar-refractivity contribution in [2.24, 2.45) is 0 Å². The summed E-state index contributed by atoms with van der Waals surface area (Å²) in [7, 11) is 0. The smallest absolute Gasteiger partial charge is 0.265 e. The largest absolute Gasteiger partial charge is 0.443 e. The average Bonchev–Trinajstić information content (AvgIpc) is 2.91. The molecule has 0 aliphatic carbocycles. The van der Waals surface area contributed by atoms with E-state index in [1.54, 1.807) is 6.92 Å². The van der Waals surface area contributed by atoms with Crippen LogP contribution < -0.4 is 10.9 Å². The summed E-state index contributed by atoms with van der Waals surface area (Å²) in [5, 5.41) is 3.31. The van der Waals surface area contributed by atoms with Crippen molar-refractivity contribution in [3.8, 4) is 0 Å². The third-order valence-corrected chi connectivity index (χ3v) is 4.44. The number of furan rings is 1. The second-order valence-corrected chi connectivity index (χ2v) is 6.26. The summed E-state index contributed by atoms with van der Waals surface area (Å²) in [6.07, 6.45) is 1.35. The van der Waals surface area contributed by atoms with Crippen LogP contribution in [0.5, 0.6) is 0 Å². The van der Waals surface area contributed by atoms with E-state index in [0.717, 1.165) is 11.1 Å². The Bertz CT molecular complexity index is 957. The normalized spacial score (nSPS) is 12.3. The quantitative estimate of drug-likeness (QED) is 0.775. The van der Waals surface area contributed by atoms with Crippen LogP contribution in [0.25, 0.3) is 11.1 Å². The van der Waals surface area contributed by atoms with Crippen LogP contribution in [0.3, 0.4) is 0 Å². The van der Waals surface area contributed by atoms with Gasteiger partial charge in [0, 0.05) is 12.1 Å². The lowest BCUT2D eigenvalue weighted by molar-refractivity contribution is -0.121. The zero-order chi connectivity index (χ0) is 18.0. The average molecular weight is 339 g/mol. The van der Waals surface area contributed by atoms with Crippen LogP contribution in [0.4, 0.5) is 0 Å². The first-order valence-electron chi connectivity index (χ1n) is 8.24. The van der Waals surface area contributed by atoms with Crippen molar-refractivity contribution in [1.82, 2.24) is 14.9 Å². The number of nitrogens with one attached hydrogen (secondary N) is 1. The van der Waals surface area contributed by atoms with E-state index >= 15 is 0 Å². The summed E-state index contributed by atoms with van der Waals surface area (Å²) in [5.41, 5.74) is 1.98. The van der Waals surface area contributed by atoms with E-state index in [1.165, 1.54) is 10.9 Å². The van der Waals surface area contributed by atoms with Crippen molar-refractivity contribution in [3.05, 3.63) is 63.9 Å². The molecule has 6 heteroatoms. The summed E-state index contributed by atoms with van der Waals surface area (Å²) in [5.74, 6) is 0.642. The molecule has 1 N–H and O–H groups in total. The Kier molecular flexibility index (Phi) is 4.70. The number of nitrogens with zero attached hydrogens (tertiary/aromatic N) is 2. The summed E-state index contributed by atoms with van der Waals surface area (Å²) < 4.78 is 6.75. The molecule has 0 saturated carbocycles. The molecule has 1 atom stereocenters. The maximum Gasteiger partial charge on any atom is 0.265 e. The number of rotatable bonds is 5. The van der Waals surface area contributed by atoms with Gasteiger partial charge < -0.3 is 9.73 Å². The lowest BCUT2D eigenvalue weighted by Gasteiger charge is -2.13. The molecule has 0 fully saturated rings. The minimum Gasteiger partial charge on any atom is -0.443 e. The van der Waals surface area contributed by atoms with Gasteiger partial charge in [0.15, 0.2) is 0 Å². The highest BCUT2D eigenvalue weighted by Gasteiger charge is 2.15. The number of aryl methyl sites for hydroxylation is 2. The lowest BCUT2D eigenvalue weighted by Crippen LogP contribution is -2.34. The minimum absolute atomic E-state index is 0.0625. The van der Waals surface area contributed by atoms with Crippen molar-refractivity contribution in [1.29, 1.82) is 0 Å². The molecule has 0 unspecified atom stereocenters. The van der Waals surface area contributed by atoms with Crippen molar-refractivity contribution < 1.29 is 9.21 Å². The van der Waals surface area contributed by atoms with E-state index in [2.05, 4.69) is 10.3 Å². The molecule has 130 valence electrons. The number of hydrogen-bond acceptors (Lipinski definition) is 4. The third kappa shape index (κ3) is 3.47. The number of carbonyl (C=O) groups is 1. The zero-order valence-electron chi connectivity index (χ0n) is 14.6. The summed E-state index contributed by atoms with van der Waals surface area (Å²) >= 11 is 0. The van der Waals surface area contributed by atoms with Gasteiger partial charge in [-0.2, -0.15) is 0 Å². The van der Waals surface area contributed by atoms with Gasteiger partial charge in [-0.15, -0.1) is 0 Å².